The Morgan fingerprint density at radius 2 is 2.12 bits per heavy atom. The molecule has 0 atom stereocenters. The van der Waals surface area contributed by atoms with Crippen molar-refractivity contribution in [3.8, 4) is 5.69 Å². The summed E-state index contributed by atoms with van der Waals surface area (Å²) in [5, 5.41) is 2.91. The summed E-state index contributed by atoms with van der Waals surface area (Å²) in [5.41, 5.74) is 0.773. The van der Waals surface area contributed by atoms with Crippen molar-refractivity contribution in [3.63, 3.8) is 0 Å². The zero-order valence-corrected chi connectivity index (χ0v) is 11.0. The number of halogens is 1. The Hall–Kier alpha value is -1.46. The van der Waals surface area contributed by atoms with E-state index in [9.17, 15) is 4.79 Å². The molecular weight excluding hydrogens is 300 g/mol. The van der Waals surface area contributed by atoms with Crippen LogP contribution in [0.15, 0.2) is 51.4 Å². The van der Waals surface area contributed by atoms with E-state index in [0.717, 1.165) is 20.4 Å². The number of hydrogen-bond donors (Lipinski definition) is 0. The van der Waals surface area contributed by atoms with E-state index in [1.54, 1.807) is 17.0 Å². The lowest BCUT2D eigenvalue weighted by atomic mass is 10.3. The van der Waals surface area contributed by atoms with Crippen molar-refractivity contribution < 1.29 is 0 Å². The maximum Gasteiger partial charge on any atom is 0.273 e. The van der Waals surface area contributed by atoms with Crippen molar-refractivity contribution in [2.75, 3.05) is 0 Å². The van der Waals surface area contributed by atoms with Crippen molar-refractivity contribution in [1.29, 1.82) is 0 Å². The van der Waals surface area contributed by atoms with Gasteiger partial charge in [-0.15, -0.1) is 11.3 Å². The fraction of sp³-hybridized carbons (Fsp3) is 0. The van der Waals surface area contributed by atoms with Crippen LogP contribution < -0.4 is 5.56 Å². The van der Waals surface area contributed by atoms with E-state index in [0.29, 0.717) is 0 Å². The van der Waals surface area contributed by atoms with E-state index in [-0.39, 0.29) is 5.56 Å². The molecule has 0 aliphatic heterocycles. The first kappa shape index (κ1) is 10.7. The fourth-order valence-corrected chi connectivity index (χ4v) is 2.73. The van der Waals surface area contributed by atoms with Crippen LogP contribution >= 0.6 is 27.3 Å². The number of pyridine rings is 2. The number of fused-ring (bicyclic) bond motifs is 1. The highest BCUT2D eigenvalue weighted by atomic mass is 79.9. The van der Waals surface area contributed by atoms with Crippen molar-refractivity contribution in [1.82, 2.24) is 9.55 Å². The second kappa shape index (κ2) is 4.09. The molecule has 0 fully saturated rings. The minimum atomic E-state index is 0.00150. The highest BCUT2D eigenvalue weighted by Crippen LogP contribution is 2.17. The van der Waals surface area contributed by atoms with E-state index in [4.69, 9.17) is 0 Å². The quantitative estimate of drug-likeness (QED) is 0.647. The molecule has 0 amide bonds. The van der Waals surface area contributed by atoms with Crippen LogP contribution in [0.1, 0.15) is 0 Å². The van der Waals surface area contributed by atoms with E-state index in [2.05, 4.69) is 20.9 Å². The average Bonchev–Trinajstić information content (AvgIpc) is 2.80. The molecule has 0 bridgehead atoms. The number of rotatable bonds is 1. The highest BCUT2D eigenvalue weighted by Gasteiger charge is 2.05. The molecule has 5 heteroatoms. The van der Waals surface area contributed by atoms with Crippen LogP contribution in [0.3, 0.4) is 0 Å². The summed E-state index contributed by atoms with van der Waals surface area (Å²) in [6, 6.07) is 7.57. The summed E-state index contributed by atoms with van der Waals surface area (Å²) in [5.74, 6) is 0. The molecule has 3 rings (SSSR count). The van der Waals surface area contributed by atoms with Gasteiger partial charge in [0.05, 0.1) is 11.9 Å². The van der Waals surface area contributed by atoms with Crippen LogP contribution in [0, 0.1) is 0 Å². The van der Waals surface area contributed by atoms with Crippen LogP contribution in [-0.4, -0.2) is 9.55 Å². The molecule has 0 radical (unpaired) electrons. The molecule has 0 saturated heterocycles. The SMILES string of the molecule is O=c1c2sccc2ccn1-c1ccc(Br)nc1. The lowest BCUT2D eigenvalue weighted by Gasteiger charge is -2.04. The lowest BCUT2D eigenvalue weighted by molar-refractivity contribution is 0.994. The van der Waals surface area contributed by atoms with Gasteiger partial charge in [0.1, 0.15) is 9.30 Å². The maximum atomic E-state index is 12.2. The Labute approximate surface area is 109 Å². The Balaban J connectivity index is 2.27. The number of hydrogen-bond acceptors (Lipinski definition) is 3. The number of nitrogens with zero attached hydrogens (tertiary/aromatic N) is 2. The molecule has 3 nitrogen and oxygen atoms in total. The third-order valence-electron chi connectivity index (χ3n) is 2.50. The molecule has 84 valence electrons. The van der Waals surface area contributed by atoms with Gasteiger partial charge in [0.25, 0.3) is 5.56 Å². The van der Waals surface area contributed by atoms with Crippen LogP contribution in [0.25, 0.3) is 15.8 Å². The maximum absolute atomic E-state index is 12.2. The first-order valence-electron chi connectivity index (χ1n) is 4.96. The van der Waals surface area contributed by atoms with Crippen LogP contribution in [-0.2, 0) is 0 Å². The summed E-state index contributed by atoms with van der Waals surface area (Å²) in [6.45, 7) is 0. The summed E-state index contributed by atoms with van der Waals surface area (Å²) < 4.78 is 3.14. The predicted octanol–water partition coefficient (Wildman–Crippen LogP) is 3.21. The smallest absolute Gasteiger partial charge is 0.273 e. The zero-order chi connectivity index (χ0) is 11.8. The fourth-order valence-electron chi connectivity index (χ4n) is 1.67. The molecule has 0 saturated carbocycles. The van der Waals surface area contributed by atoms with Crippen molar-refractivity contribution >= 4 is 37.4 Å². The summed E-state index contributed by atoms with van der Waals surface area (Å²) in [6.07, 6.45) is 3.45. The van der Waals surface area contributed by atoms with Gasteiger partial charge < -0.3 is 0 Å². The van der Waals surface area contributed by atoms with E-state index in [1.807, 2.05) is 29.6 Å². The summed E-state index contributed by atoms with van der Waals surface area (Å²) >= 11 is 4.74. The normalized spacial score (nSPS) is 10.9. The molecule has 3 aromatic rings. The number of thiophene rings is 1. The predicted molar refractivity (Wildman–Crippen MR) is 72.9 cm³/mol. The molecule has 0 N–H and O–H groups in total. The molecule has 0 aliphatic carbocycles. The molecule has 3 aromatic heterocycles. The van der Waals surface area contributed by atoms with Gasteiger partial charge in [-0.1, -0.05) is 0 Å². The van der Waals surface area contributed by atoms with Gasteiger partial charge in [-0.25, -0.2) is 4.98 Å². The van der Waals surface area contributed by atoms with Crippen molar-refractivity contribution in [3.05, 3.63) is 57.0 Å². The van der Waals surface area contributed by atoms with Crippen LogP contribution in [0.5, 0.6) is 0 Å². The molecule has 0 spiro atoms. The molecule has 0 aliphatic rings. The van der Waals surface area contributed by atoms with Gasteiger partial charge in [0.2, 0.25) is 0 Å². The molecule has 17 heavy (non-hydrogen) atoms. The van der Waals surface area contributed by atoms with Gasteiger partial charge in [-0.3, -0.25) is 9.36 Å². The first-order chi connectivity index (χ1) is 8.25. The lowest BCUT2D eigenvalue weighted by Crippen LogP contribution is -2.16. The van der Waals surface area contributed by atoms with E-state index in [1.165, 1.54) is 11.3 Å². The largest absolute Gasteiger partial charge is 0.282 e. The molecule has 0 unspecified atom stereocenters. The van der Waals surface area contributed by atoms with Gasteiger partial charge in [-0.2, -0.15) is 0 Å². The third kappa shape index (κ3) is 1.81. The second-order valence-corrected chi connectivity index (χ2v) is 5.26. The monoisotopic (exact) mass is 306 g/mol. The summed E-state index contributed by atoms with van der Waals surface area (Å²) in [4.78, 5) is 16.3. The summed E-state index contributed by atoms with van der Waals surface area (Å²) in [7, 11) is 0. The van der Waals surface area contributed by atoms with E-state index >= 15 is 0 Å². The van der Waals surface area contributed by atoms with Crippen molar-refractivity contribution in [2.45, 2.75) is 0 Å². The number of aromatic nitrogens is 2. The minimum Gasteiger partial charge on any atom is -0.282 e. The van der Waals surface area contributed by atoms with Crippen LogP contribution in [0.2, 0.25) is 0 Å². The van der Waals surface area contributed by atoms with Gasteiger partial charge in [0.15, 0.2) is 0 Å². The third-order valence-corrected chi connectivity index (χ3v) is 3.89. The Morgan fingerprint density at radius 3 is 2.88 bits per heavy atom. The minimum absolute atomic E-state index is 0.00150. The zero-order valence-electron chi connectivity index (χ0n) is 8.63. The molecule has 3 heterocycles. The Bertz CT molecular complexity index is 730. The molecular formula is C12H7BrN2OS. The van der Waals surface area contributed by atoms with Gasteiger partial charge in [-0.05, 0) is 51.0 Å². The van der Waals surface area contributed by atoms with Gasteiger partial charge >= 0.3 is 0 Å². The standard InChI is InChI=1S/C12H7BrN2OS/c13-10-2-1-9(7-14-10)15-5-3-8-4-6-17-11(8)12(15)16/h1-7H. The van der Waals surface area contributed by atoms with Crippen LogP contribution in [0.4, 0.5) is 0 Å². The van der Waals surface area contributed by atoms with Gasteiger partial charge in [0, 0.05) is 6.20 Å². The topological polar surface area (TPSA) is 34.9 Å². The first-order valence-corrected chi connectivity index (χ1v) is 6.64. The Kier molecular flexibility index (Phi) is 2.57. The van der Waals surface area contributed by atoms with E-state index < -0.39 is 0 Å². The average molecular weight is 307 g/mol. The highest BCUT2D eigenvalue weighted by molar-refractivity contribution is 9.10. The Morgan fingerprint density at radius 1 is 1.24 bits per heavy atom. The second-order valence-electron chi connectivity index (χ2n) is 3.54. The molecule has 0 aromatic carbocycles. The van der Waals surface area contributed by atoms with Crippen molar-refractivity contribution in [2.24, 2.45) is 0 Å².